The lowest BCUT2D eigenvalue weighted by atomic mass is 10.1. The number of aromatic nitrogens is 2. The summed E-state index contributed by atoms with van der Waals surface area (Å²) < 4.78 is 0.838. The predicted octanol–water partition coefficient (Wildman–Crippen LogP) is 4.17. The van der Waals surface area contributed by atoms with E-state index in [0.29, 0.717) is 18.8 Å². The third kappa shape index (κ3) is 5.41. The molecule has 0 aliphatic rings. The second-order valence-corrected chi connectivity index (χ2v) is 8.00. The van der Waals surface area contributed by atoms with Gasteiger partial charge in [-0.3, -0.25) is 4.79 Å². The molecular weight excluding hydrogens is 350 g/mol. The number of nitrogens with zero attached hydrogens (tertiary/aromatic N) is 3. The van der Waals surface area contributed by atoms with E-state index in [2.05, 4.69) is 10.2 Å². The Labute approximate surface area is 155 Å². The van der Waals surface area contributed by atoms with E-state index < -0.39 is 0 Å². The highest BCUT2D eigenvalue weighted by Crippen LogP contribution is 2.22. The molecule has 0 saturated heterocycles. The van der Waals surface area contributed by atoms with Crippen molar-refractivity contribution in [3.8, 4) is 0 Å². The van der Waals surface area contributed by atoms with Crippen molar-refractivity contribution >= 4 is 29.0 Å². The Morgan fingerprint density at radius 2 is 1.52 bits per heavy atom. The minimum absolute atomic E-state index is 0.102. The van der Waals surface area contributed by atoms with E-state index in [-0.39, 0.29) is 5.91 Å². The predicted molar refractivity (Wildman–Crippen MR) is 103 cm³/mol. The normalized spacial score (nSPS) is 10.6. The highest BCUT2D eigenvalue weighted by molar-refractivity contribution is 8.01. The van der Waals surface area contributed by atoms with Crippen molar-refractivity contribution < 1.29 is 4.79 Å². The molecule has 6 heteroatoms. The molecule has 0 atom stereocenters. The molecule has 0 saturated carbocycles. The summed E-state index contributed by atoms with van der Waals surface area (Å²) in [6.45, 7) is 3.12. The smallest absolute Gasteiger partial charge is 0.233 e. The van der Waals surface area contributed by atoms with Crippen LogP contribution in [-0.2, 0) is 17.9 Å². The van der Waals surface area contributed by atoms with Gasteiger partial charge in [0.25, 0.3) is 0 Å². The first-order valence-electron chi connectivity index (χ1n) is 7.99. The minimum Gasteiger partial charge on any atom is -0.333 e. The number of hydrogen-bond donors (Lipinski definition) is 0. The quantitative estimate of drug-likeness (QED) is 0.587. The maximum atomic E-state index is 12.8. The molecule has 128 valence electrons. The standard InChI is InChI=1S/C19H19N3OS2/c1-15-20-21-19(25-15)24-14-18(23)22(12-16-8-4-2-5-9-16)13-17-10-6-3-7-11-17/h2-11H,12-14H2,1H3. The van der Waals surface area contributed by atoms with Crippen molar-refractivity contribution in [1.82, 2.24) is 15.1 Å². The summed E-state index contributed by atoms with van der Waals surface area (Å²) in [5.41, 5.74) is 2.26. The average Bonchev–Trinajstić information content (AvgIpc) is 3.06. The lowest BCUT2D eigenvalue weighted by Crippen LogP contribution is -2.31. The molecule has 3 aromatic rings. The first-order valence-corrected chi connectivity index (χ1v) is 9.79. The third-order valence-corrected chi connectivity index (χ3v) is 5.57. The number of carbonyl (C=O) groups is 1. The van der Waals surface area contributed by atoms with Crippen molar-refractivity contribution in [2.75, 3.05) is 5.75 Å². The first kappa shape index (κ1) is 17.6. The van der Waals surface area contributed by atoms with Gasteiger partial charge in [0, 0.05) is 13.1 Å². The maximum absolute atomic E-state index is 12.8. The van der Waals surface area contributed by atoms with Gasteiger partial charge in [0.05, 0.1) is 5.75 Å². The molecule has 0 unspecified atom stereocenters. The molecule has 1 amide bonds. The van der Waals surface area contributed by atoms with Crippen molar-refractivity contribution in [1.29, 1.82) is 0 Å². The summed E-state index contributed by atoms with van der Waals surface area (Å²) >= 11 is 2.97. The van der Waals surface area contributed by atoms with Crippen LogP contribution < -0.4 is 0 Å². The number of rotatable bonds is 7. The van der Waals surface area contributed by atoms with Gasteiger partial charge in [-0.15, -0.1) is 10.2 Å². The van der Waals surface area contributed by atoms with Gasteiger partial charge in [0.1, 0.15) is 5.01 Å². The largest absolute Gasteiger partial charge is 0.333 e. The number of amides is 1. The van der Waals surface area contributed by atoms with Crippen molar-refractivity contribution in [3.05, 3.63) is 76.8 Å². The highest BCUT2D eigenvalue weighted by Gasteiger charge is 2.16. The second-order valence-electron chi connectivity index (χ2n) is 5.60. The summed E-state index contributed by atoms with van der Waals surface area (Å²) in [6, 6.07) is 20.2. The van der Waals surface area contributed by atoms with Crippen LogP contribution in [0.4, 0.5) is 0 Å². The molecule has 4 nitrogen and oxygen atoms in total. The average molecular weight is 370 g/mol. The van der Waals surface area contributed by atoms with Gasteiger partial charge in [0.2, 0.25) is 5.91 Å². The Kier molecular flexibility index (Phi) is 6.19. The number of benzene rings is 2. The summed E-state index contributed by atoms with van der Waals surface area (Å²) in [4.78, 5) is 14.7. The van der Waals surface area contributed by atoms with Gasteiger partial charge in [-0.1, -0.05) is 83.8 Å². The summed E-state index contributed by atoms with van der Waals surface area (Å²) in [5, 5.41) is 8.99. The molecule has 0 radical (unpaired) electrons. The van der Waals surface area contributed by atoms with Gasteiger partial charge in [-0.05, 0) is 18.1 Å². The number of thioether (sulfide) groups is 1. The topological polar surface area (TPSA) is 46.1 Å². The SMILES string of the molecule is Cc1nnc(SCC(=O)N(Cc2ccccc2)Cc2ccccc2)s1. The molecule has 3 rings (SSSR count). The van der Waals surface area contributed by atoms with Crippen LogP contribution in [0.15, 0.2) is 65.0 Å². The second kappa shape index (κ2) is 8.78. The molecule has 25 heavy (non-hydrogen) atoms. The van der Waals surface area contributed by atoms with E-state index in [1.54, 1.807) is 0 Å². The molecule has 0 bridgehead atoms. The minimum atomic E-state index is 0.102. The van der Waals surface area contributed by atoms with E-state index >= 15 is 0 Å². The molecular formula is C19H19N3OS2. The zero-order valence-electron chi connectivity index (χ0n) is 14.0. The number of hydrogen-bond acceptors (Lipinski definition) is 5. The Morgan fingerprint density at radius 3 is 2.00 bits per heavy atom. The summed E-state index contributed by atoms with van der Waals surface area (Å²) in [6.07, 6.45) is 0. The Morgan fingerprint density at radius 1 is 0.960 bits per heavy atom. The Bertz CT molecular complexity index is 764. The molecule has 2 aromatic carbocycles. The van der Waals surface area contributed by atoms with Crippen molar-refractivity contribution in [2.45, 2.75) is 24.4 Å². The zero-order chi connectivity index (χ0) is 17.5. The van der Waals surface area contributed by atoms with Crippen molar-refractivity contribution in [3.63, 3.8) is 0 Å². The third-order valence-electron chi connectivity index (χ3n) is 3.61. The van der Waals surface area contributed by atoms with Crippen LogP contribution in [0.3, 0.4) is 0 Å². The molecule has 0 fully saturated rings. The number of carbonyl (C=O) groups excluding carboxylic acids is 1. The van der Waals surface area contributed by atoms with Crippen LogP contribution in [0.1, 0.15) is 16.1 Å². The maximum Gasteiger partial charge on any atom is 0.233 e. The van der Waals surface area contributed by atoms with Crippen LogP contribution in [0.25, 0.3) is 0 Å². The fraction of sp³-hybridized carbons (Fsp3) is 0.211. The lowest BCUT2D eigenvalue weighted by molar-refractivity contribution is -0.129. The summed E-state index contributed by atoms with van der Waals surface area (Å²) in [7, 11) is 0. The Hall–Kier alpha value is -2.18. The Balaban J connectivity index is 1.69. The molecule has 0 aliphatic carbocycles. The molecule has 0 N–H and O–H groups in total. The van der Waals surface area contributed by atoms with Crippen LogP contribution in [0, 0.1) is 6.92 Å². The van der Waals surface area contributed by atoms with Gasteiger partial charge >= 0.3 is 0 Å². The molecule has 1 heterocycles. The number of aryl methyl sites for hydroxylation is 1. The molecule has 0 spiro atoms. The fourth-order valence-corrected chi connectivity index (χ4v) is 4.11. The van der Waals surface area contributed by atoms with Crippen LogP contribution in [-0.4, -0.2) is 26.8 Å². The van der Waals surface area contributed by atoms with Gasteiger partial charge in [-0.2, -0.15) is 0 Å². The molecule has 0 aliphatic heterocycles. The van der Waals surface area contributed by atoms with Gasteiger partial charge < -0.3 is 4.90 Å². The van der Waals surface area contributed by atoms with E-state index in [9.17, 15) is 4.79 Å². The lowest BCUT2D eigenvalue weighted by Gasteiger charge is -2.23. The monoisotopic (exact) mass is 369 g/mol. The fourth-order valence-electron chi connectivity index (χ4n) is 2.39. The molecule has 1 aromatic heterocycles. The van der Waals surface area contributed by atoms with Crippen LogP contribution >= 0.6 is 23.1 Å². The van der Waals surface area contributed by atoms with Crippen molar-refractivity contribution in [2.24, 2.45) is 0 Å². The van der Waals surface area contributed by atoms with E-state index in [4.69, 9.17) is 0 Å². The van der Waals surface area contributed by atoms with E-state index in [1.165, 1.54) is 23.1 Å². The first-order chi connectivity index (χ1) is 12.2. The van der Waals surface area contributed by atoms with E-state index in [0.717, 1.165) is 20.5 Å². The zero-order valence-corrected chi connectivity index (χ0v) is 15.6. The summed E-state index contributed by atoms with van der Waals surface area (Å²) in [5.74, 6) is 0.472. The van der Waals surface area contributed by atoms with E-state index in [1.807, 2.05) is 72.5 Å². The van der Waals surface area contributed by atoms with Gasteiger partial charge in [-0.25, -0.2) is 0 Å². The van der Waals surface area contributed by atoms with Gasteiger partial charge in [0.15, 0.2) is 4.34 Å². The van der Waals surface area contributed by atoms with Crippen LogP contribution in [0.5, 0.6) is 0 Å². The van der Waals surface area contributed by atoms with Crippen LogP contribution in [0.2, 0.25) is 0 Å². The highest BCUT2D eigenvalue weighted by atomic mass is 32.2.